The lowest BCUT2D eigenvalue weighted by atomic mass is 9.88. The minimum Gasteiger partial charge on any atom is -0.292 e. The van der Waals surface area contributed by atoms with Gasteiger partial charge in [0.05, 0.1) is 16.7 Å². The van der Waals surface area contributed by atoms with Crippen LogP contribution in [-0.2, 0) is 0 Å². The minimum atomic E-state index is 0.951. The topological polar surface area (TPSA) is 17.8 Å². The molecule has 0 N–H and O–H groups in total. The van der Waals surface area contributed by atoms with Crippen molar-refractivity contribution in [2.24, 2.45) is 0 Å². The predicted octanol–water partition coefficient (Wildman–Crippen LogP) is 10.4. The van der Waals surface area contributed by atoms with Crippen molar-refractivity contribution in [3.05, 3.63) is 146 Å². The molecular formula is C39H24N2. The third-order valence-corrected chi connectivity index (χ3v) is 8.55. The standard InChI is InChI=1S/C39H24N2/c1-2-9-28(10-3-1)39-40-34-15-6-7-16-36(34)41(39)35-24-23-30(29-13-4-5-14-32(29)35)31-21-19-27-18-17-25-11-8-12-26-20-22-33(31)38(27)37(25)26/h1-24H. The van der Waals surface area contributed by atoms with Gasteiger partial charge in [-0.1, -0.05) is 127 Å². The molecule has 41 heavy (non-hydrogen) atoms. The van der Waals surface area contributed by atoms with Crippen LogP contribution < -0.4 is 0 Å². The van der Waals surface area contributed by atoms with E-state index in [1.54, 1.807) is 0 Å². The summed E-state index contributed by atoms with van der Waals surface area (Å²) in [6, 6.07) is 52.5. The van der Waals surface area contributed by atoms with Crippen molar-refractivity contribution in [2.75, 3.05) is 0 Å². The maximum Gasteiger partial charge on any atom is 0.145 e. The van der Waals surface area contributed by atoms with Crippen molar-refractivity contribution in [1.29, 1.82) is 0 Å². The largest absolute Gasteiger partial charge is 0.292 e. The lowest BCUT2D eigenvalue weighted by Gasteiger charge is -2.18. The first-order chi connectivity index (χ1) is 20.3. The van der Waals surface area contributed by atoms with E-state index < -0.39 is 0 Å². The Hall–Kier alpha value is -5.47. The van der Waals surface area contributed by atoms with Crippen LogP contribution in [0.1, 0.15) is 0 Å². The van der Waals surface area contributed by atoms with Crippen molar-refractivity contribution < 1.29 is 0 Å². The van der Waals surface area contributed by atoms with Gasteiger partial charge in [0.15, 0.2) is 0 Å². The number of hydrogen-bond donors (Lipinski definition) is 0. The molecule has 0 aliphatic carbocycles. The zero-order valence-corrected chi connectivity index (χ0v) is 22.3. The smallest absolute Gasteiger partial charge is 0.145 e. The van der Waals surface area contributed by atoms with Crippen LogP contribution in [0.5, 0.6) is 0 Å². The zero-order valence-electron chi connectivity index (χ0n) is 22.3. The molecular weight excluding hydrogens is 496 g/mol. The van der Waals surface area contributed by atoms with Crippen LogP contribution in [0.4, 0.5) is 0 Å². The Morgan fingerprint density at radius 1 is 0.415 bits per heavy atom. The molecule has 0 atom stereocenters. The molecule has 0 spiro atoms. The summed E-state index contributed by atoms with van der Waals surface area (Å²) >= 11 is 0. The highest BCUT2D eigenvalue weighted by atomic mass is 15.1. The molecule has 2 heteroatoms. The van der Waals surface area contributed by atoms with Gasteiger partial charge in [-0.05, 0) is 67.0 Å². The monoisotopic (exact) mass is 520 g/mol. The first-order valence-electron chi connectivity index (χ1n) is 14.1. The van der Waals surface area contributed by atoms with Crippen molar-refractivity contribution in [3.63, 3.8) is 0 Å². The molecule has 8 aromatic carbocycles. The molecule has 0 unspecified atom stereocenters. The highest BCUT2D eigenvalue weighted by Crippen LogP contribution is 2.42. The highest BCUT2D eigenvalue weighted by molar-refractivity contribution is 6.26. The van der Waals surface area contributed by atoms with Crippen molar-refractivity contribution in [3.8, 4) is 28.2 Å². The number of nitrogens with zero attached hydrogens (tertiary/aromatic N) is 2. The average Bonchev–Trinajstić information content (AvgIpc) is 3.43. The summed E-state index contributed by atoms with van der Waals surface area (Å²) in [6.07, 6.45) is 0. The molecule has 9 rings (SSSR count). The van der Waals surface area contributed by atoms with Crippen LogP contribution in [-0.4, -0.2) is 9.55 Å². The fraction of sp³-hybridized carbons (Fsp3) is 0. The van der Waals surface area contributed by atoms with Gasteiger partial charge in [0.25, 0.3) is 0 Å². The van der Waals surface area contributed by atoms with E-state index in [4.69, 9.17) is 4.98 Å². The molecule has 0 saturated heterocycles. The molecule has 1 heterocycles. The summed E-state index contributed by atoms with van der Waals surface area (Å²) in [6.45, 7) is 0. The maximum atomic E-state index is 5.10. The van der Waals surface area contributed by atoms with E-state index in [0.29, 0.717) is 0 Å². The summed E-state index contributed by atoms with van der Waals surface area (Å²) in [4.78, 5) is 5.10. The maximum absolute atomic E-state index is 5.10. The van der Waals surface area contributed by atoms with Crippen LogP contribution in [0.15, 0.2) is 146 Å². The Morgan fingerprint density at radius 3 is 1.90 bits per heavy atom. The van der Waals surface area contributed by atoms with Gasteiger partial charge in [-0.25, -0.2) is 4.98 Å². The number of fused-ring (bicyclic) bond motifs is 2. The third-order valence-electron chi connectivity index (χ3n) is 8.55. The first kappa shape index (κ1) is 22.4. The predicted molar refractivity (Wildman–Crippen MR) is 173 cm³/mol. The first-order valence-corrected chi connectivity index (χ1v) is 14.1. The Kier molecular flexibility index (Phi) is 4.64. The van der Waals surface area contributed by atoms with E-state index in [1.807, 2.05) is 0 Å². The summed E-state index contributed by atoms with van der Waals surface area (Å²) in [5.41, 5.74) is 6.83. The summed E-state index contributed by atoms with van der Waals surface area (Å²) in [5.74, 6) is 0.951. The lowest BCUT2D eigenvalue weighted by molar-refractivity contribution is 1.11. The van der Waals surface area contributed by atoms with E-state index >= 15 is 0 Å². The summed E-state index contributed by atoms with van der Waals surface area (Å²) < 4.78 is 2.32. The molecule has 9 aromatic rings. The highest BCUT2D eigenvalue weighted by Gasteiger charge is 2.19. The Bertz CT molecular complexity index is 2400. The minimum absolute atomic E-state index is 0.951. The zero-order chi connectivity index (χ0) is 26.9. The molecule has 0 aliphatic heterocycles. The van der Waals surface area contributed by atoms with Crippen molar-refractivity contribution in [1.82, 2.24) is 9.55 Å². The molecule has 0 radical (unpaired) electrons. The van der Waals surface area contributed by atoms with Gasteiger partial charge in [0.2, 0.25) is 0 Å². The Morgan fingerprint density at radius 2 is 1.05 bits per heavy atom. The Balaban J connectivity index is 1.35. The third kappa shape index (κ3) is 3.22. The molecule has 0 fully saturated rings. The van der Waals surface area contributed by atoms with Crippen molar-refractivity contribution >= 4 is 54.1 Å². The van der Waals surface area contributed by atoms with Gasteiger partial charge in [0.1, 0.15) is 5.82 Å². The van der Waals surface area contributed by atoms with Crippen LogP contribution in [0.2, 0.25) is 0 Å². The summed E-state index contributed by atoms with van der Waals surface area (Å²) in [7, 11) is 0. The van der Waals surface area contributed by atoms with Crippen LogP contribution in [0, 0.1) is 0 Å². The fourth-order valence-electron chi connectivity index (χ4n) is 6.73. The summed E-state index contributed by atoms with van der Waals surface area (Å²) in [5, 5.41) is 10.3. The Labute approximate surface area is 237 Å². The van der Waals surface area contributed by atoms with Gasteiger partial charge >= 0.3 is 0 Å². The van der Waals surface area contributed by atoms with Gasteiger partial charge in [0, 0.05) is 10.9 Å². The number of aromatic nitrogens is 2. The van der Waals surface area contributed by atoms with E-state index in [-0.39, 0.29) is 0 Å². The van der Waals surface area contributed by atoms with Crippen molar-refractivity contribution in [2.45, 2.75) is 0 Å². The molecule has 1 aromatic heterocycles. The number of hydrogen-bond acceptors (Lipinski definition) is 1. The average molecular weight is 521 g/mol. The second-order valence-electron chi connectivity index (χ2n) is 10.8. The van der Waals surface area contributed by atoms with E-state index in [9.17, 15) is 0 Å². The second-order valence-corrected chi connectivity index (χ2v) is 10.8. The normalized spacial score (nSPS) is 11.9. The molecule has 0 saturated carbocycles. The number of imidazole rings is 1. The van der Waals surface area contributed by atoms with E-state index in [2.05, 4.69) is 150 Å². The van der Waals surface area contributed by atoms with Crippen LogP contribution in [0.25, 0.3) is 82.3 Å². The fourth-order valence-corrected chi connectivity index (χ4v) is 6.73. The van der Waals surface area contributed by atoms with E-state index in [1.165, 1.54) is 54.2 Å². The van der Waals surface area contributed by atoms with Gasteiger partial charge in [-0.3, -0.25) is 4.57 Å². The SMILES string of the molecule is c1ccc(-c2nc3ccccc3n2-c2ccc(-c3ccc4ccc5cccc6ccc3c4c56)c3ccccc23)cc1. The van der Waals surface area contributed by atoms with Gasteiger partial charge in [-0.15, -0.1) is 0 Å². The van der Waals surface area contributed by atoms with Gasteiger partial charge in [-0.2, -0.15) is 0 Å². The lowest BCUT2D eigenvalue weighted by Crippen LogP contribution is -1.99. The van der Waals surface area contributed by atoms with E-state index in [0.717, 1.165) is 28.1 Å². The molecule has 0 bridgehead atoms. The number of rotatable bonds is 3. The van der Waals surface area contributed by atoms with Gasteiger partial charge < -0.3 is 0 Å². The molecule has 0 aliphatic rings. The van der Waals surface area contributed by atoms with Crippen LogP contribution in [0.3, 0.4) is 0 Å². The number of para-hydroxylation sites is 2. The van der Waals surface area contributed by atoms with Crippen LogP contribution >= 0.6 is 0 Å². The number of benzene rings is 8. The second kappa shape index (κ2) is 8.51. The molecule has 2 nitrogen and oxygen atoms in total. The molecule has 0 amide bonds. The molecule has 190 valence electrons. The quantitative estimate of drug-likeness (QED) is 0.212.